The normalized spacial score (nSPS) is 10.4. The zero-order chi connectivity index (χ0) is 12.3. The van der Waals surface area contributed by atoms with Crippen molar-refractivity contribution in [2.24, 2.45) is 0 Å². The zero-order valence-electron chi connectivity index (χ0n) is 8.58. The smallest absolute Gasteiger partial charge is 0.303 e. The SMILES string of the molecule is O=C(O)CCc1nnc(-c2ccc(=O)[nH]n2)o1. The van der Waals surface area contributed by atoms with Gasteiger partial charge in [0.15, 0.2) is 0 Å². The molecule has 0 saturated carbocycles. The van der Waals surface area contributed by atoms with Gasteiger partial charge in [-0.2, -0.15) is 5.10 Å². The van der Waals surface area contributed by atoms with Gasteiger partial charge in [-0.1, -0.05) is 0 Å². The fourth-order valence-electron chi connectivity index (χ4n) is 1.14. The van der Waals surface area contributed by atoms with Gasteiger partial charge >= 0.3 is 5.97 Å². The monoisotopic (exact) mass is 236 g/mol. The van der Waals surface area contributed by atoms with E-state index >= 15 is 0 Å². The predicted octanol–water partition coefficient (Wildman–Crippen LogP) is -0.163. The number of aromatic nitrogens is 4. The van der Waals surface area contributed by atoms with Crippen molar-refractivity contribution in [3.05, 3.63) is 28.4 Å². The number of carbonyl (C=O) groups is 1. The van der Waals surface area contributed by atoms with Crippen LogP contribution in [0.3, 0.4) is 0 Å². The number of hydrogen-bond acceptors (Lipinski definition) is 6. The van der Waals surface area contributed by atoms with Crippen LogP contribution in [0.2, 0.25) is 0 Å². The summed E-state index contributed by atoms with van der Waals surface area (Å²) in [6.45, 7) is 0. The van der Waals surface area contributed by atoms with Crippen LogP contribution in [0.4, 0.5) is 0 Å². The summed E-state index contributed by atoms with van der Waals surface area (Å²) in [5, 5.41) is 21.8. The Hall–Kier alpha value is -2.51. The summed E-state index contributed by atoms with van der Waals surface area (Å²) in [6, 6.07) is 2.72. The van der Waals surface area contributed by atoms with E-state index in [1.54, 1.807) is 0 Å². The van der Waals surface area contributed by atoms with Gasteiger partial charge in [0.05, 0.1) is 6.42 Å². The number of nitrogens with zero attached hydrogens (tertiary/aromatic N) is 3. The first-order chi connectivity index (χ1) is 8.15. The number of H-pyrrole nitrogens is 1. The van der Waals surface area contributed by atoms with Gasteiger partial charge in [-0.3, -0.25) is 9.59 Å². The van der Waals surface area contributed by atoms with E-state index in [1.165, 1.54) is 12.1 Å². The lowest BCUT2D eigenvalue weighted by Gasteiger charge is -1.91. The number of aryl methyl sites for hydroxylation is 1. The highest BCUT2D eigenvalue weighted by molar-refractivity contribution is 5.66. The van der Waals surface area contributed by atoms with Gasteiger partial charge in [0.25, 0.3) is 11.4 Å². The van der Waals surface area contributed by atoms with Crippen LogP contribution in [-0.4, -0.2) is 31.5 Å². The fraction of sp³-hybridized carbons (Fsp3) is 0.222. The van der Waals surface area contributed by atoms with Gasteiger partial charge in [-0.15, -0.1) is 10.2 Å². The van der Waals surface area contributed by atoms with Crippen molar-refractivity contribution in [1.29, 1.82) is 0 Å². The Balaban J connectivity index is 2.15. The molecule has 0 spiro atoms. The highest BCUT2D eigenvalue weighted by Crippen LogP contribution is 2.13. The summed E-state index contributed by atoms with van der Waals surface area (Å²) >= 11 is 0. The van der Waals surface area contributed by atoms with Crippen molar-refractivity contribution in [3.63, 3.8) is 0 Å². The largest absolute Gasteiger partial charge is 0.481 e. The van der Waals surface area contributed by atoms with Crippen LogP contribution >= 0.6 is 0 Å². The maximum atomic E-state index is 10.8. The van der Waals surface area contributed by atoms with Gasteiger partial charge in [0.1, 0.15) is 5.69 Å². The Morgan fingerprint density at radius 2 is 2.24 bits per heavy atom. The third-order valence-electron chi connectivity index (χ3n) is 1.92. The van der Waals surface area contributed by atoms with E-state index in [2.05, 4.69) is 20.4 Å². The highest BCUT2D eigenvalue weighted by Gasteiger charge is 2.10. The Kier molecular flexibility index (Phi) is 2.95. The molecule has 0 radical (unpaired) electrons. The molecular formula is C9H8N4O4. The van der Waals surface area contributed by atoms with Crippen molar-refractivity contribution in [2.45, 2.75) is 12.8 Å². The molecule has 0 fully saturated rings. The molecule has 0 saturated heterocycles. The van der Waals surface area contributed by atoms with Gasteiger partial charge in [0.2, 0.25) is 5.89 Å². The molecule has 2 N–H and O–H groups in total. The summed E-state index contributed by atoms with van der Waals surface area (Å²) < 4.78 is 5.19. The van der Waals surface area contributed by atoms with Crippen LogP contribution in [0, 0.1) is 0 Å². The maximum Gasteiger partial charge on any atom is 0.303 e. The van der Waals surface area contributed by atoms with Crippen molar-refractivity contribution in [2.75, 3.05) is 0 Å². The molecular weight excluding hydrogens is 228 g/mol. The standard InChI is InChI=1S/C9H8N4O4/c14-6-2-1-5(10-11-6)9-13-12-7(17-9)3-4-8(15)16/h1-2H,3-4H2,(H,11,14)(H,15,16). The molecule has 2 rings (SSSR count). The molecule has 0 bridgehead atoms. The molecule has 2 heterocycles. The average molecular weight is 236 g/mol. The quantitative estimate of drug-likeness (QED) is 0.755. The third-order valence-corrected chi connectivity index (χ3v) is 1.92. The topological polar surface area (TPSA) is 122 Å². The number of hydrogen-bond donors (Lipinski definition) is 2. The van der Waals surface area contributed by atoms with E-state index in [0.717, 1.165) is 0 Å². The Morgan fingerprint density at radius 1 is 1.41 bits per heavy atom. The van der Waals surface area contributed by atoms with Crippen molar-refractivity contribution < 1.29 is 14.3 Å². The van der Waals surface area contributed by atoms with Gasteiger partial charge in [-0.25, -0.2) is 5.10 Å². The molecule has 2 aromatic heterocycles. The second-order valence-electron chi connectivity index (χ2n) is 3.20. The molecule has 0 aliphatic carbocycles. The molecule has 0 amide bonds. The summed E-state index contributed by atoms with van der Waals surface area (Å²) in [4.78, 5) is 21.1. The molecule has 88 valence electrons. The summed E-state index contributed by atoms with van der Waals surface area (Å²) in [7, 11) is 0. The molecule has 0 aliphatic heterocycles. The van der Waals surface area contributed by atoms with Gasteiger partial charge < -0.3 is 9.52 Å². The van der Waals surface area contributed by atoms with Crippen LogP contribution in [0.15, 0.2) is 21.3 Å². The first-order valence-electron chi connectivity index (χ1n) is 4.75. The second kappa shape index (κ2) is 4.56. The fourth-order valence-corrected chi connectivity index (χ4v) is 1.14. The van der Waals surface area contributed by atoms with Crippen LogP contribution < -0.4 is 5.56 Å². The molecule has 2 aromatic rings. The molecule has 0 atom stereocenters. The lowest BCUT2D eigenvalue weighted by atomic mass is 10.3. The molecule has 8 nitrogen and oxygen atoms in total. The number of aromatic amines is 1. The first kappa shape index (κ1) is 11.0. The average Bonchev–Trinajstić information content (AvgIpc) is 2.76. The van der Waals surface area contributed by atoms with Crippen LogP contribution in [0.1, 0.15) is 12.3 Å². The van der Waals surface area contributed by atoms with E-state index in [1.807, 2.05) is 0 Å². The highest BCUT2D eigenvalue weighted by atomic mass is 16.4. The number of carboxylic acid groups (broad SMARTS) is 1. The molecule has 17 heavy (non-hydrogen) atoms. The van der Waals surface area contributed by atoms with Gasteiger partial charge in [-0.05, 0) is 6.07 Å². The predicted molar refractivity (Wildman–Crippen MR) is 54.1 cm³/mol. The van der Waals surface area contributed by atoms with Crippen LogP contribution in [0.25, 0.3) is 11.6 Å². The van der Waals surface area contributed by atoms with Crippen LogP contribution in [0.5, 0.6) is 0 Å². The van der Waals surface area contributed by atoms with E-state index in [9.17, 15) is 9.59 Å². The van der Waals surface area contributed by atoms with E-state index in [0.29, 0.717) is 5.69 Å². The number of rotatable bonds is 4. The minimum absolute atomic E-state index is 0.0827. The Labute approximate surface area is 94.3 Å². The summed E-state index contributed by atoms with van der Waals surface area (Å²) in [5.41, 5.74) is -0.00181. The molecule has 0 aromatic carbocycles. The van der Waals surface area contributed by atoms with E-state index < -0.39 is 5.97 Å². The van der Waals surface area contributed by atoms with Crippen molar-refractivity contribution in [3.8, 4) is 11.6 Å². The zero-order valence-corrected chi connectivity index (χ0v) is 8.58. The summed E-state index contributed by atoms with van der Waals surface area (Å²) in [5.74, 6) is -0.580. The molecule has 0 unspecified atom stereocenters. The molecule has 0 aliphatic rings. The van der Waals surface area contributed by atoms with E-state index in [-0.39, 0.29) is 30.2 Å². The third kappa shape index (κ3) is 2.74. The number of carboxylic acids is 1. The van der Waals surface area contributed by atoms with Gasteiger partial charge in [0, 0.05) is 12.5 Å². The minimum Gasteiger partial charge on any atom is -0.481 e. The minimum atomic E-state index is -0.938. The number of aliphatic carboxylic acids is 1. The lowest BCUT2D eigenvalue weighted by Crippen LogP contribution is -2.05. The number of nitrogens with one attached hydrogen (secondary N) is 1. The van der Waals surface area contributed by atoms with E-state index in [4.69, 9.17) is 9.52 Å². The van der Waals surface area contributed by atoms with Crippen molar-refractivity contribution in [1.82, 2.24) is 20.4 Å². The Morgan fingerprint density at radius 3 is 2.88 bits per heavy atom. The van der Waals surface area contributed by atoms with Crippen molar-refractivity contribution >= 4 is 5.97 Å². The summed E-state index contributed by atoms with van der Waals surface area (Å²) in [6.07, 6.45) is 0.0758. The Bertz CT molecular complexity index is 568. The maximum absolute atomic E-state index is 10.8. The van der Waals surface area contributed by atoms with Crippen LogP contribution in [-0.2, 0) is 11.2 Å². The first-order valence-corrected chi connectivity index (χ1v) is 4.75. The molecule has 8 heteroatoms. The second-order valence-corrected chi connectivity index (χ2v) is 3.20. The lowest BCUT2D eigenvalue weighted by molar-refractivity contribution is -0.137.